The van der Waals surface area contributed by atoms with Gasteiger partial charge < -0.3 is 15.2 Å². The van der Waals surface area contributed by atoms with Crippen molar-refractivity contribution in [3.05, 3.63) is 36.7 Å². The molecule has 1 fully saturated rings. The maximum Gasteiger partial charge on any atom is 0.225 e. The molecule has 0 aliphatic carbocycles. The van der Waals surface area contributed by atoms with Crippen LogP contribution in [0.15, 0.2) is 46.7 Å². The molecule has 1 saturated heterocycles. The maximum absolute atomic E-state index is 12.2. The molecule has 2 aromatic rings. The highest BCUT2D eigenvalue weighted by atomic mass is 35.5. The maximum atomic E-state index is 12.2. The van der Waals surface area contributed by atoms with Crippen LogP contribution in [0.5, 0.6) is 0 Å². The van der Waals surface area contributed by atoms with Gasteiger partial charge in [-0.05, 0) is 43.3 Å². The quantitative estimate of drug-likeness (QED) is 0.868. The van der Waals surface area contributed by atoms with Gasteiger partial charge in [0.1, 0.15) is 0 Å². The lowest BCUT2D eigenvalue weighted by molar-refractivity contribution is -0.116. The largest absolute Gasteiger partial charge is 0.329 e. The van der Waals surface area contributed by atoms with Gasteiger partial charge in [-0.1, -0.05) is 12.1 Å². The van der Waals surface area contributed by atoms with Crippen LogP contribution in [0.3, 0.4) is 0 Å². The number of hydrogen-bond donors (Lipinski definition) is 2. The third-order valence-electron chi connectivity index (χ3n) is 3.73. The van der Waals surface area contributed by atoms with Crippen molar-refractivity contribution >= 4 is 35.8 Å². The molecule has 1 aromatic carbocycles. The number of nitrogens with zero attached hydrogens (tertiary/aromatic N) is 2. The monoisotopic (exact) mass is 352 g/mol. The fraction of sp³-hybridized carbons (Fsp3) is 0.375. The van der Waals surface area contributed by atoms with E-state index in [0.29, 0.717) is 12.5 Å². The van der Waals surface area contributed by atoms with Gasteiger partial charge in [-0.2, -0.15) is 0 Å². The second-order valence-electron chi connectivity index (χ2n) is 5.46. The number of rotatable bonds is 5. The van der Waals surface area contributed by atoms with Gasteiger partial charge in [0.15, 0.2) is 5.16 Å². The van der Waals surface area contributed by atoms with Gasteiger partial charge in [0.2, 0.25) is 5.91 Å². The summed E-state index contributed by atoms with van der Waals surface area (Å²) in [6.45, 7) is 1.02. The summed E-state index contributed by atoms with van der Waals surface area (Å²) in [5, 5.41) is 7.29. The number of imidazole rings is 1. The van der Waals surface area contributed by atoms with Crippen LogP contribution in [-0.4, -0.2) is 28.0 Å². The number of amides is 1. The number of carbonyl (C=O) groups excluding carboxylic acids is 1. The van der Waals surface area contributed by atoms with Gasteiger partial charge in [-0.25, -0.2) is 4.98 Å². The topological polar surface area (TPSA) is 59.0 Å². The van der Waals surface area contributed by atoms with E-state index in [1.54, 1.807) is 18.0 Å². The van der Waals surface area contributed by atoms with Crippen molar-refractivity contribution in [3.63, 3.8) is 0 Å². The molecule has 0 radical (unpaired) electrons. The van der Waals surface area contributed by atoms with E-state index >= 15 is 0 Å². The summed E-state index contributed by atoms with van der Waals surface area (Å²) in [7, 11) is 1.96. The normalized spacial score (nSPS) is 16.8. The molecule has 1 amide bonds. The Labute approximate surface area is 146 Å². The van der Waals surface area contributed by atoms with E-state index < -0.39 is 0 Å². The lowest BCUT2D eigenvalue weighted by Crippen LogP contribution is -2.27. The van der Waals surface area contributed by atoms with Gasteiger partial charge in [0, 0.05) is 36.8 Å². The number of halogens is 1. The Hall–Kier alpha value is -1.50. The second-order valence-corrected chi connectivity index (χ2v) is 6.47. The van der Waals surface area contributed by atoms with E-state index in [-0.39, 0.29) is 18.3 Å². The number of nitrogens with one attached hydrogen (secondary N) is 2. The number of benzene rings is 1. The zero-order valence-electron chi connectivity index (χ0n) is 13.0. The van der Waals surface area contributed by atoms with Crippen molar-refractivity contribution in [1.29, 1.82) is 0 Å². The van der Waals surface area contributed by atoms with Crippen LogP contribution >= 0.6 is 24.2 Å². The summed E-state index contributed by atoms with van der Waals surface area (Å²) < 4.78 is 1.96. The van der Waals surface area contributed by atoms with E-state index in [1.807, 2.05) is 42.1 Å². The molecular weight excluding hydrogens is 332 g/mol. The molecule has 3 rings (SSSR count). The first-order chi connectivity index (χ1) is 10.7. The first-order valence-corrected chi connectivity index (χ1v) is 8.31. The lowest BCUT2D eigenvalue weighted by Gasteiger charge is -2.13. The lowest BCUT2D eigenvalue weighted by atomic mass is 10.1. The van der Waals surface area contributed by atoms with Crippen LogP contribution in [0.2, 0.25) is 0 Å². The minimum Gasteiger partial charge on any atom is -0.329 e. The van der Waals surface area contributed by atoms with Gasteiger partial charge in [0.05, 0.1) is 5.69 Å². The molecule has 0 spiro atoms. The van der Waals surface area contributed by atoms with Crippen LogP contribution in [0.4, 0.5) is 5.69 Å². The molecule has 2 heterocycles. The molecule has 1 aromatic heterocycles. The number of anilines is 1. The van der Waals surface area contributed by atoms with Crippen molar-refractivity contribution in [3.8, 4) is 0 Å². The highest BCUT2D eigenvalue weighted by Gasteiger charge is 2.18. The molecule has 0 bridgehead atoms. The standard InChI is InChI=1S/C16H20N4OS.ClH/c1-20-10-9-18-16(20)22-14-7-3-2-6-13(14)19-15(21)11-12-5-4-8-17-12;/h2-3,6-7,9-10,12,17H,4-5,8,11H2,1H3,(H,19,21);1H. The fourth-order valence-corrected chi connectivity index (χ4v) is 3.45. The van der Waals surface area contributed by atoms with Crippen molar-refractivity contribution in [1.82, 2.24) is 14.9 Å². The summed E-state index contributed by atoms with van der Waals surface area (Å²) in [6.07, 6.45) is 6.45. The van der Waals surface area contributed by atoms with Gasteiger partial charge in [-0.3, -0.25) is 4.79 Å². The average Bonchev–Trinajstić information content (AvgIpc) is 3.14. The zero-order valence-corrected chi connectivity index (χ0v) is 14.6. The van der Waals surface area contributed by atoms with Crippen LogP contribution in [0.25, 0.3) is 0 Å². The van der Waals surface area contributed by atoms with Crippen LogP contribution < -0.4 is 10.6 Å². The van der Waals surface area contributed by atoms with E-state index in [0.717, 1.165) is 35.1 Å². The Morgan fingerprint density at radius 3 is 3.00 bits per heavy atom. The minimum absolute atomic E-state index is 0. The zero-order chi connectivity index (χ0) is 15.4. The Balaban J connectivity index is 0.00000192. The van der Waals surface area contributed by atoms with Crippen LogP contribution in [-0.2, 0) is 11.8 Å². The summed E-state index contributed by atoms with van der Waals surface area (Å²) in [4.78, 5) is 17.5. The number of aryl methyl sites for hydroxylation is 1. The van der Waals surface area contributed by atoms with Crippen molar-refractivity contribution in [2.24, 2.45) is 7.05 Å². The molecule has 1 aliphatic heterocycles. The Morgan fingerprint density at radius 2 is 2.30 bits per heavy atom. The van der Waals surface area contributed by atoms with Crippen LogP contribution in [0.1, 0.15) is 19.3 Å². The molecule has 1 unspecified atom stereocenters. The third kappa shape index (κ3) is 4.73. The van der Waals surface area contributed by atoms with Gasteiger partial charge in [0.25, 0.3) is 0 Å². The minimum atomic E-state index is 0. The molecule has 2 N–H and O–H groups in total. The van der Waals surface area contributed by atoms with Gasteiger partial charge in [-0.15, -0.1) is 12.4 Å². The van der Waals surface area contributed by atoms with Crippen molar-refractivity contribution in [2.75, 3.05) is 11.9 Å². The SMILES string of the molecule is Cl.Cn1ccnc1Sc1ccccc1NC(=O)CC1CCCN1. The molecular formula is C16H21ClN4OS. The fourth-order valence-electron chi connectivity index (χ4n) is 2.56. The Morgan fingerprint density at radius 1 is 1.48 bits per heavy atom. The molecule has 0 saturated carbocycles. The Bertz CT molecular complexity index is 655. The molecule has 1 aliphatic rings. The predicted octanol–water partition coefficient (Wildman–Crippen LogP) is 3.07. The van der Waals surface area contributed by atoms with Crippen molar-refractivity contribution < 1.29 is 4.79 Å². The number of hydrogen-bond acceptors (Lipinski definition) is 4. The first kappa shape index (κ1) is 17.8. The Kier molecular flexibility index (Phi) is 6.50. The molecule has 124 valence electrons. The third-order valence-corrected chi connectivity index (χ3v) is 4.89. The molecule has 23 heavy (non-hydrogen) atoms. The second kappa shape index (κ2) is 8.38. The van der Waals surface area contributed by atoms with E-state index in [1.165, 1.54) is 0 Å². The smallest absolute Gasteiger partial charge is 0.225 e. The number of carbonyl (C=O) groups is 1. The summed E-state index contributed by atoms with van der Waals surface area (Å²) in [5.41, 5.74) is 0.846. The molecule has 5 nitrogen and oxygen atoms in total. The number of para-hydroxylation sites is 1. The predicted molar refractivity (Wildman–Crippen MR) is 95.3 cm³/mol. The molecule has 1 atom stereocenters. The molecule has 7 heteroatoms. The highest BCUT2D eigenvalue weighted by molar-refractivity contribution is 7.99. The summed E-state index contributed by atoms with van der Waals surface area (Å²) >= 11 is 1.55. The highest BCUT2D eigenvalue weighted by Crippen LogP contribution is 2.32. The van der Waals surface area contributed by atoms with E-state index in [9.17, 15) is 4.79 Å². The summed E-state index contributed by atoms with van der Waals surface area (Å²) in [6, 6.07) is 8.16. The van der Waals surface area contributed by atoms with E-state index in [2.05, 4.69) is 15.6 Å². The average molecular weight is 353 g/mol. The van der Waals surface area contributed by atoms with Crippen LogP contribution in [0, 0.1) is 0 Å². The van der Waals surface area contributed by atoms with Crippen molar-refractivity contribution in [2.45, 2.75) is 35.4 Å². The van der Waals surface area contributed by atoms with E-state index in [4.69, 9.17) is 0 Å². The summed E-state index contributed by atoms with van der Waals surface area (Å²) in [5.74, 6) is 0.0623. The number of aromatic nitrogens is 2. The van der Waals surface area contributed by atoms with Gasteiger partial charge >= 0.3 is 0 Å². The first-order valence-electron chi connectivity index (χ1n) is 7.50.